The Bertz CT molecular complexity index is 1120. The minimum absolute atomic E-state index is 0.0298. The molecular weight excluding hydrogens is 390 g/mol. The number of amides is 1. The van der Waals surface area contributed by atoms with Crippen LogP contribution in [0.15, 0.2) is 65.6 Å². The van der Waals surface area contributed by atoms with E-state index in [-0.39, 0.29) is 29.0 Å². The van der Waals surface area contributed by atoms with Gasteiger partial charge in [-0.25, -0.2) is 4.39 Å². The number of carbonyl (C=O) groups excluding carboxylic acids is 1. The number of benzene rings is 2. The van der Waals surface area contributed by atoms with Crippen molar-refractivity contribution < 1.29 is 22.4 Å². The van der Waals surface area contributed by atoms with Crippen molar-refractivity contribution >= 4 is 11.6 Å². The van der Waals surface area contributed by atoms with Gasteiger partial charge in [0.2, 0.25) is 0 Å². The second-order valence-corrected chi connectivity index (χ2v) is 6.22. The molecule has 0 spiro atoms. The molecule has 0 aliphatic heterocycles. The van der Waals surface area contributed by atoms with Crippen molar-refractivity contribution in [3.63, 3.8) is 0 Å². The van der Waals surface area contributed by atoms with Gasteiger partial charge >= 0.3 is 6.18 Å². The molecule has 9 heteroatoms. The van der Waals surface area contributed by atoms with Crippen LogP contribution in [0.5, 0.6) is 0 Å². The molecule has 0 atom stereocenters. The lowest BCUT2D eigenvalue weighted by molar-refractivity contribution is -0.137. The number of hydrogen-bond donors (Lipinski definition) is 2. The molecule has 3 N–H and O–H groups in total. The number of aromatic nitrogens is 1. The summed E-state index contributed by atoms with van der Waals surface area (Å²) in [5.74, 6) is -1.29. The molecule has 150 valence electrons. The lowest BCUT2D eigenvalue weighted by Crippen LogP contribution is -2.26. The Morgan fingerprint density at radius 1 is 1.07 bits per heavy atom. The number of nitrogen functional groups attached to an aromatic ring is 1. The van der Waals surface area contributed by atoms with Crippen molar-refractivity contribution in [1.29, 1.82) is 0 Å². The molecule has 0 unspecified atom stereocenters. The van der Waals surface area contributed by atoms with E-state index in [0.717, 1.165) is 29.0 Å². The van der Waals surface area contributed by atoms with Gasteiger partial charge in [-0.3, -0.25) is 14.2 Å². The minimum atomic E-state index is -4.57. The smallest absolute Gasteiger partial charge is 0.399 e. The van der Waals surface area contributed by atoms with E-state index in [1.807, 2.05) is 0 Å². The number of nitrogens with one attached hydrogen (secondary N) is 1. The Morgan fingerprint density at radius 3 is 2.48 bits per heavy atom. The van der Waals surface area contributed by atoms with Crippen LogP contribution in [-0.2, 0) is 12.7 Å². The van der Waals surface area contributed by atoms with Gasteiger partial charge in [0.1, 0.15) is 5.82 Å². The van der Waals surface area contributed by atoms with Crippen LogP contribution in [0.25, 0.3) is 5.69 Å². The number of halogens is 4. The predicted molar refractivity (Wildman–Crippen MR) is 99.0 cm³/mol. The summed E-state index contributed by atoms with van der Waals surface area (Å²) >= 11 is 0. The summed E-state index contributed by atoms with van der Waals surface area (Å²) < 4.78 is 53.6. The van der Waals surface area contributed by atoms with Gasteiger partial charge in [0.15, 0.2) is 0 Å². The number of nitrogens with two attached hydrogens (primary N) is 1. The zero-order valence-electron chi connectivity index (χ0n) is 14.8. The highest BCUT2D eigenvalue weighted by atomic mass is 19.4. The van der Waals surface area contributed by atoms with Gasteiger partial charge in [0.25, 0.3) is 11.5 Å². The summed E-state index contributed by atoms with van der Waals surface area (Å²) in [4.78, 5) is 24.4. The molecule has 3 rings (SSSR count). The summed E-state index contributed by atoms with van der Waals surface area (Å²) in [5, 5.41) is 2.46. The van der Waals surface area contributed by atoms with Gasteiger partial charge in [-0.1, -0.05) is 12.1 Å². The second-order valence-electron chi connectivity index (χ2n) is 6.22. The SMILES string of the molecule is Nc1cc(CNC(=O)c2ccc(=O)n(-c3ccccc3F)c2)cc(C(F)(F)F)c1. The fourth-order valence-electron chi connectivity index (χ4n) is 2.73. The van der Waals surface area contributed by atoms with Gasteiger partial charge in [0.05, 0.1) is 16.8 Å². The number of pyridine rings is 1. The van der Waals surface area contributed by atoms with Crippen LogP contribution in [0.2, 0.25) is 0 Å². The molecule has 0 radical (unpaired) electrons. The first-order valence-corrected chi connectivity index (χ1v) is 8.37. The van der Waals surface area contributed by atoms with Gasteiger partial charge in [-0.15, -0.1) is 0 Å². The first kappa shape index (κ1) is 20.1. The largest absolute Gasteiger partial charge is 0.416 e. The molecule has 0 aliphatic rings. The summed E-state index contributed by atoms with van der Waals surface area (Å²) in [5.41, 5.74) is 4.12. The predicted octanol–water partition coefficient (Wildman–Crippen LogP) is 3.51. The maximum atomic E-state index is 14.0. The Labute approximate surface area is 162 Å². The molecule has 2 aromatic carbocycles. The Morgan fingerprint density at radius 2 is 1.79 bits per heavy atom. The zero-order chi connectivity index (χ0) is 21.2. The first-order chi connectivity index (χ1) is 13.6. The first-order valence-electron chi connectivity index (χ1n) is 8.37. The highest BCUT2D eigenvalue weighted by molar-refractivity contribution is 5.93. The fraction of sp³-hybridized carbons (Fsp3) is 0.100. The number of para-hydroxylation sites is 1. The van der Waals surface area contributed by atoms with Gasteiger partial charge in [0, 0.05) is 24.5 Å². The Balaban J connectivity index is 1.82. The normalized spacial score (nSPS) is 11.3. The number of nitrogens with zero attached hydrogens (tertiary/aromatic N) is 1. The standard InChI is InChI=1S/C20H15F4N3O2/c21-16-3-1-2-4-17(16)27-11-13(5-6-18(27)28)19(29)26-10-12-7-14(20(22,23)24)9-15(25)8-12/h1-9,11H,10,25H2,(H,26,29). The average molecular weight is 405 g/mol. The van der Waals surface area contributed by atoms with Crippen LogP contribution in [0.3, 0.4) is 0 Å². The Hall–Kier alpha value is -3.62. The van der Waals surface area contributed by atoms with E-state index in [0.29, 0.717) is 0 Å². The van der Waals surface area contributed by atoms with Crippen molar-refractivity contribution in [3.05, 3.63) is 93.7 Å². The highest BCUT2D eigenvalue weighted by Crippen LogP contribution is 2.31. The molecule has 1 aromatic heterocycles. The highest BCUT2D eigenvalue weighted by Gasteiger charge is 2.31. The summed E-state index contributed by atoms with van der Waals surface area (Å²) in [7, 11) is 0. The van der Waals surface area contributed by atoms with Crippen LogP contribution in [0.1, 0.15) is 21.5 Å². The monoisotopic (exact) mass is 405 g/mol. The molecule has 0 saturated heterocycles. The average Bonchev–Trinajstić information content (AvgIpc) is 2.66. The Kier molecular flexibility index (Phi) is 5.40. The van der Waals surface area contributed by atoms with Crippen LogP contribution in [0.4, 0.5) is 23.2 Å². The third-order valence-electron chi connectivity index (χ3n) is 4.08. The topological polar surface area (TPSA) is 77.1 Å². The molecule has 1 amide bonds. The minimum Gasteiger partial charge on any atom is -0.399 e. The fourth-order valence-corrected chi connectivity index (χ4v) is 2.73. The second kappa shape index (κ2) is 7.78. The van der Waals surface area contributed by atoms with Gasteiger partial charge in [-0.05, 0) is 42.0 Å². The van der Waals surface area contributed by atoms with Crippen LogP contribution in [0, 0.1) is 5.82 Å². The number of rotatable bonds is 4. The summed E-state index contributed by atoms with van der Waals surface area (Å²) in [6, 6.07) is 10.9. The van der Waals surface area contributed by atoms with Crippen LogP contribution in [-0.4, -0.2) is 10.5 Å². The van der Waals surface area contributed by atoms with E-state index >= 15 is 0 Å². The van der Waals surface area contributed by atoms with E-state index in [1.165, 1.54) is 36.4 Å². The third-order valence-corrected chi connectivity index (χ3v) is 4.08. The van der Waals surface area contributed by atoms with Crippen molar-refractivity contribution in [3.8, 4) is 5.69 Å². The van der Waals surface area contributed by atoms with E-state index in [1.54, 1.807) is 0 Å². The number of alkyl halides is 3. The maximum Gasteiger partial charge on any atom is 0.416 e. The van der Waals surface area contributed by atoms with Gasteiger partial charge < -0.3 is 11.1 Å². The number of carbonyl (C=O) groups is 1. The lowest BCUT2D eigenvalue weighted by Gasteiger charge is -2.12. The van der Waals surface area contributed by atoms with E-state index in [4.69, 9.17) is 5.73 Å². The van der Waals surface area contributed by atoms with E-state index in [9.17, 15) is 27.2 Å². The maximum absolute atomic E-state index is 14.0. The van der Waals surface area contributed by atoms with E-state index in [2.05, 4.69) is 5.32 Å². The quantitative estimate of drug-likeness (QED) is 0.515. The lowest BCUT2D eigenvalue weighted by atomic mass is 10.1. The summed E-state index contributed by atoms with van der Waals surface area (Å²) in [6.07, 6.45) is -3.40. The van der Waals surface area contributed by atoms with Crippen molar-refractivity contribution in [2.45, 2.75) is 12.7 Å². The molecule has 5 nitrogen and oxygen atoms in total. The summed E-state index contributed by atoms with van der Waals surface area (Å²) in [6.45, 7) is -0.216. The molecule has 0 bridgehead atoms. The molecule has 0 saturated carbocycles. The number of hydrogen-bond acceptors (Lipinski definition) is 3. The van der Waals surface area contributed by atoms with Crippen molar-refractivity contribution in [1.82, 2.24) is 9.88 Å². The van der Waals surface area contributed by atoms with Gasteiger partial charge in [-0.2, -0.15) is 13.2 Å². The zero-order valence-corrected chi connectivity index (χ0v) is 14.8. The number of anilines is 1. The molecule has 0 fully saturated rings. The molecular formula is C20H15F4N3O2. The van der Waals surface area contributed by atoms with Crippen LogP contribution < -0.4 is 16.6 Å². The molecule has 29 heavy (non-hydrogen) atoms. The van der Waals surface area contributed by atoms with Crippen LogP contribution >= 0.6 is 0 Å². The molecule has 0 aliphatic carbocycles. The van der Waals surface area contributed by atoms with Crippen molar-refractivity contribution in [2.75, 3.05) is 5.73 Å². The van der Waals surface area contributed by atoms with E-state index < -0.39 is 29.0 Å². The third kappa shape index (κ3) is 4.63. The molecule has 1 heterocycles. The molecule has 3 aromatic rings. The van der Waals surface area contributed by atoms with Crippen molar-refractivity contribution in [2.24, 2.45) is 0 Å².